The first-order chi connectivity index (χ1) is 13.5. The first kappa shape index (κ1) is 20.6. The summed E-state index contributed by atoms with van der Waals surface area (Å²) in [6.45, 7) is -1.50. The van der Waals surface area contributed by atoms with Gasteiger partial charge >= 0.3 is 6.18 Å². The zero-order chi connectivity index (χ0) is 21.4. The van der Waals surface area contributed by atoms with Crippen molar-refractivity contribution in [3.05, 3.63) is 53.6 Å². The lowest BCUT2D eigenvalue weighted by Gasteiger charge is -2.13. The van der Waals surface area contributed by atoms with E-state index in [4.69, 9.17) is 0 Å². The number of carbonyl (C=O) groups is 2. The van der Waals surface area contributed by atoms with E-state index >= 15 is 0 Å². The van der Waals surface area contributed by atoms with Crippen LogP contribution in [0.4, 0.5) is 24.5 Å². The zero-order valence-electron chi connectivity index (χ0n) is 15.1. The van der Waals surface area contributed by atoms with E-state index in [1.165, 1.54) is 41.3 Å². The second-order valence-corrected chi connectivity index (χ2v) is 8.09. The van der Waals surface area contributed by atoms with Crippen molar-refractivity contribution in [1.82, 2.24) is 5.32 Å². The number of hydrogen-bond acceptors (Lipinski definition) is 4. The number of fused-ring (bicyclic) bond motifs is 1. The molecule has 1 aliphatic heterocycles. The Morgan fingerprint density at radius 3 is 2.59 bits per heavy atom. The summed E-state index contributed by atoms with van der Waals surface area (Å²) in [6.07, 6.45) is -4.47. The van der Waals surface area contributed by atoms with Gasteiger partial charge in [-0.25, -0.2) is 8.42 Å². The smallest absolute Gasteiger partial charge is 0.343 e. The molecule has 2 amide bonds. The molecular formula is C18H16F3N3O4S. The summed E-state index contributed by atoms with van der Waals surface area (Å²) < 4.78 is 64.3. The molecule has 3 rings (SSSR count). The van der Waals surface area contributed by atoms with Gasteiger partial charge in [0.2, 0.25) is 5.91 Å². The summed E-state index contributed by atoms with van der Waals surface area (Å²) in [7, 11) is -2.45. The molecule has 0 spiro atoms. The Bertz CT molecular complexity index is 1080. The minimum atomic E-state index is -4.56. The molecule has 2 N–H and O–H groups in total. The molecule has 154 valence electrons. The number of nitrogens with one attached hydrogen (secondary N) is 2. The van der Waals surface area contributed by atoms with Gasteiger partial charge < -0.3 is 10.2 Å². The number of likely N-dealkylation sites (N-methyl/N-ethyl adjacent to an activating group) is 1. The molecule has 0 saturated heterocycles. The standard InChI is InChI=1S/C18H16F3N3O4S/c1-24-15-6-5-14(8-12(15)9-16(24)25)29(27,28)23-13-4-2-3-11(7-13)17(26)22-10-18(19,20)21/h2-8,23H,9-10H2,1H3,(H,22,26). The highest BCUT2D eigenvalue weighted by atomic mass is 32.2. The first-order valence-electron chi connectivity index (χ1n) is 8.33. The normalized spacial score (nSPS) is 13.9. The van der Waals surface area contributed by atoms with Gasteiger partial charge in [0.1, 0.15) is 6.54 Å². The number of rotatable bonds is 5. The van der Waals surface area contributed by atoms with Crippen molar-refractivity contribution < 1.29 is 31.2 Å². The summed E-state index contributed by atoms with van der Waals surface area (Å²) >= 11 is 0. The van der Waals surface area contributed by atoms with Gasteiger partial charge in [-0.15, -0.1) is 0 Å². The number of alkyl halides is 3. The molecule has 2 aromatic carbocycles. The maximum absolute atomic E-state index is 12.6. The van der Waals surface area contributed by atoms with E-state index in [2.05, 4.69) is 4.72 Å². The summed E-state index contributed by atoms with van der Waals surface area (Å²) in [6, 6.07) is 9.36. The number of carbonyl (C=O) groups excluding carboxylic acids is 2. The maximum atomic E-state index is 12.6. The average molecular weight is 427 g/mol. The van der Waals surface area contributed by atoms with Crippen molar-refractivity contribution in [3.63, 3.8) is 0 Å². The fourth-order valence-electron chi connectivity index (χ4n) is 2.83. The van der Waals surface area contributed by atoms with Gasteiger partial charge in [-0.3, -0.25) is 14.3 Å². The van der Waals surface area contributed by atoms with Crippen molar-refractivity contribution in [3.8, 4) is 0 Å². The zero-order valence-corrected chi connectivity index (χ0v) is 15.9. The van der Waals surface area contributed by atoms with Crippen LogP contribution in [0.15, 0.2) is 47.4 Å². The molecule has 0 unspecified atom stereocenters. The lowest BCUT2D eigenvalue weighted by molar-refractivity contribution is -0.123. The third-order valence-electron chi connectivity index (χ3n) is 4.26. The number of halogens is 3. The van der Waals surface area contributed by atoms with Crippen LogP contribution in [-0.2, 0) is 21.2 Å². The third kappa shape index (κ3) is 4.67. The fourth-order valence-corrected chi connectivity index (χ4v) is 3.93. The summed E-state index contributed by atoms with van der Waals surface area (Å²) in [5.74, 6) is -1.14. The minimum Gasteiger partial charge on any atom is -0.343 e. The molecule has 0 bridgehead atoms. The monoisotopic (exact) mass is 427 g/mol. The molecule has 2 aromatic rings. The molecule has 1 heterocycles. The highest BCUT2D eigenvalue weighted by Crippen LogP contribution is 2.30. The quantitative estimate of drug-likeness (QED) is 0.766. The highest BCUT2D eigenvalue weighted by Gasteiger charge is 2.28. The summed E-state index contributed by atoms with van der Waals surface area (Å²) in [5.41, 5.74) is 1.08. The van der Waals surface area contributed by atoms with Gasteiger partial charge in [-0.05, 0) is 42.0 Å². The molecule has 0 radical (unpaired) electrons. The van der Waals surface area contributed by atoms with E-state index in [1.807, 2.05) is 0 Å². The van der Waals surface area contributed by atoms with Crippen LogP contribution in [0, 0.1) is 0 Å². The molecule has 7 nitrogen and oxygen atoms in total. The molecule has 29 heavy (non-hydrogen) atoms. The number of amides is 2. The minimum absolute atomic E-state index is 0.0124. The van der Waals surface area contributed by atoms with Crippen molar-refractivity contribution in [2.24, 2.45) is 0 Å². The van der Waals surface area contributed by atoms with E-state index in [-0.39, 0.29) is 28.5 Å². The van der Waals surface area contributed by atoms with E-state index in [0.717, 1.165) is 6.07 Å². The number of sulfonamides is 1. The van der Waals surface area contributed by atoms with Crippen LogP contribution in [0.1, 0.15) is 15.9 Å². The average Bonchev–Trinajstić information content (AvgIpc) is 2.92. The summed E-state index contributed by atoms with van der Waals surface area (Å²) in [4.78, 5) is 25.0. The molecule has 0 saturated carbocycles. The van der Waals surface area contributed by atoms with Crippen LogP contribution < -0.4 is 14.9 Å². The van der Waals surface area contributed by atoms with Gasteiger partial charge in [0.25, 0.3) is 15.9 Å². The van der Waals surface area contributed by atoms with Gasteiger partial charge in [0.15, 0.2) is 0 Å². The topological polar surface area (TPSA) is 95.6 Å². The van der Waals surface area contributed by atoms with Crippen LogP contribution in [0.25, 0.3) is 0 Å². The second kappa shape index (κ2) is 7.39. The van der Waals surface area contributed by atoms with Gasteiger partial charge in [0.05, 0.1) is 11.3 Å². The molecule has 11 heteroatoms. The highest BCUT2D eigenvalue weighted by molar-refractivity contribution is 7.92. The lowest BCUT2D eigenvalue weighted by atomic mass is 10.2. The summed E-state index contributed by atoms with van der Waals surface area (Å²) in [5, 5.41) is 1.72. The van der Waals surface area contributed by atoms with Crippen LogP contribution >= 0.6 is 0 Å². The fraction of sp³-hybridized carbons (Fsp3) is 0.222. The van der Waals surface area contributed by atoms with Gasteiger partial charge in [-0.1, -0.05) is 6.07 Å². The third-order valence-corrected chi connectivity index (χ3v) is 5.64. The van der Waals surface area contributed by atoms with Gasteiger partial charge in [0, 0.05) is 24.0 Å². The van der Waals surface area contributed by atoms with E-state index < -0.39 is 28.7 Å². The molecule has 0 aliphatic carbocycles. The maximum Gasteiger partial charge on any atom is 0.405 e. The second-order valence-electron chi connectivity index (χ2n) is 6.40. The molecule has 0 fully saturated rings. The molecule has 0 atom stereocenters. The Morgan fingerprint density at radius 2 is 1.90 bits per heavy atom. The van der Waals surface area contributed by atoms with E-state index in [9.17, 15) is 31.2 Å². The molecule has 1 aliphatic rings. The predicted octanol–water partition coefficient (Wildman–Crippen LogP) is 2.30. The number of benzene rings is 2. The van der Waals surface area contributed by atoms with E-state index in [0.29, 0.717) is 11.3 Å². The number of hydrogen-bond donors (Lipinski definition) is 2. The Labute approximate surface area is 164 Å². The van der Waals surface area contributed by atoms with Crippen molar-refractivity contribution in [1.29, 1.82) is 0 Å². The SMILES string of the molecule is CN1C(=O)Cc2cc(S(=O)(=O)Nc3cccc(C(=O)NCC(F)(F)F)c3)ccc21. The van der Waals surface area contributed by atoms with E-state index in [1.54, 1.807) is 12.4 Å². The largest absolute Gasteiger partial charge is 0.405 e. The Hall–Kier alpha value is -3.08. The van der Waals surface area contributed by atoms with Crippen LogP contribution in [-0.4, -0.2) is 40.0 Å². The Balaban J connectivity index is 1.79. The molecule has 0 aromatic heterocycles. The van der Waals surface area contributed by atoms with Crippen molar-refractivity contribution >= 4 is 33.2 Å². The lowest BCUT2D eigenvalue weighted by Crippen LogP contribution is -2.33. The molecular weight excluding hydrogens is 411 g/mol. The number of anilines is 2. The van der Waals surface area contributed by atoms with Crippen LogP contribution in [0.5, 0.6) is 0 Å². The number of nitrogens with zero attached hydrogens (tertiary/aromatic N) is 1. The Morgan fingerprint density at radius 1 is 1.17 bits per heavy atom. The van der Waals surface area contributed by atoms with Gasteiger partial charge in [-0.2, -0.15) is 13.2 Å². The van der Waals surface area contributed by atoms with Crippen molar-refractivity contribution in [2.45, 2.75) is 17.5 Å². The predicted molar refractivity (Wildman–Crippen MR) is 99.2 cm³/mol. The van der Waals surface area contributed by atoms with Crippen LogP contribution in [0.3, 0.4) is 0 Å². The first-order valence-corrected chi connectivity index (χ1v) is 9.82. The van der Waals surface area contributed by atoms with Crippen LogP contribution in [0.2, 0.25) is 0 Å². The Kier molecular flexibility index (Phi) is 5.26. The van der Waals surface area contributed by atoms with Crippen molar-refractivity contribution in [2.75, 3.05) is 23.2 Å².